The Balaban J connectivity index is 2.81. The van der Waals surface area contributed by atoms with Crippen LogP contribution in [-0.4, -0.2) is 29.1 Å². The zero-order chi connectivity index (χ0) is 13.4. The Morgan fingerprint density at radius 3 is 2.89 bits per heavy atom. The van der Waals surface area contributed by atoms with Crippen LogP contribution in [0.2, 0.25) is 0 Å². The monoisotopic (exact) mass is 247 g/mol. The van der Waals surface area contributed by atoms with Gasteiger partial charge in [-0.3, -0.25) is 0 Å². The molecule has 0 saturated carbocycles. The highest BCUT2D eigenvalue weighted by Gasteiger charge is 2.12. The van der Waals surface area contributed by atoms with Crippen molar-refractivity contribution in [2.45, 2.75) is 39.7 Å². The summed E-state index contributed by atoms with van der Waals surface area (Å²) < 4.78 is 0. The number of nitrogens with one attached hydrogen (secondary N) is 1. The third kappa shape index (κ3) is 4.21. The quantitative estimate of drug-likeness (QED) is 0.801. The lowest BCUT2D eigenvalue weighted by Crippen LogP contribution is -2.32. The van der Waals surface area contributed by atoms with Crippen molar-refractivity contribution in [1.82, 2.24) is 9.97 Å². The molecule has 1 heterocycles. The molecule has 0 atom stereocenters. The molecule has 18 heavy (non-hydrogen) atoms. The molecule has 0 aliphatic rings. The maximum Gasteiger partial charge on any atom is 0.224 e. The maximum absolute atomic E-state index is 8.69. The van der Waals surface area contributed by atoms with Gasteiger partial charge >= 0.3 is 0 Å². The van der Waals surface area contributed by atoms with Crippen LogP contribution in [0.25, 0.3) is 0 Å². The highest BCUT2D eigenvalue weighted by Crippen LogP contribution is 2.15. The van der Waals surface area contributed by atoms with Gasteiger partial charge in [0.1, 0.15) is 5.82 Å². The normalized spacial score (nSPS) is 10.2. The van der Waals surface area contributed by atoms with E-state index in [9.17, 15) is 0 Å². The van der Waals surface area contributed by atoms with Gasteiger partial charge in [0, 0.05) is 25.3 Å². The van der Waals surface area contributed by atoms with E-state index in [-0.39, 0.29) is 0 Å². The average Bonchev–Trinajstić information content (AvgIpc) is 2.37. The van der Waals surface area contributed by atoms with Crippen molar-refractivity contribution < 1.29 is 0 Å². The van der Waals surface area contributed by atoms with Crippen LogP contribution in [0.4, 0.5) is 11.8 Å². The molecule has 0 bridgehead atoms. The van der Waals surface area contributed by atoms with E-state index in [1.54, 1.807) is 6.20 Å². The minimum absolute atomic E-state index is 0.312. The number of nitrogens with zero attached hydrogens (tertiary/aromatic N) is 4. The summed E-state index contributed by atoms with van der Waals surface area (Å²) in [6.07, 6.45) is 3.29. The fraction of sp³-hybridized carbons (Fsp3) is 0.615. The van der Waals surface area contributed by atoms with Crippen LogP contribution in [0.3, 0.4) is 0 Å². The Labute approximate surface area is 109 Å². The van der Waals surface area contributed by atoms with Crippen molar-refractivity contribution >= 4 is 11.8 Å². The molecule has 5 nitrogen and oxygen atoms in total. The van der Waals surface area contributed by atoms with E-state index >= 15 is 0 Å². The van der Waals surface area contributed by atoms with E-state index in [4.69, 9.17) is 5.26 Å². The van der Waals surface area contributed by atoms with Gasteiger partial charge in [-0.2, -0.15) is 10.2 Å². The molecule has 0 saturated heterocycles. The highest BCUT2D eigenvalue weighted by atomic mass is 15.2. The summed E-state index contributed by atoms with van der Waals surface area (Å²) in [5.41, 5.74) is 0. The first kappa shape index (κ1) is 14.2. The van der Waals surface area contributed by atoms with E-state index in [1.807, 2.05) is 6.07 Å². The molecular weight excluding hydrogens is 226 g/mol. The molecule has 0 aromatic carbocycles. The second-order valence-electron chi connectivity index (χ2n) is 4.36. The SMILES string of the molecule is CCCNc1nccc(N(CCC#N)C(C)C)n1. The van der Waals surface area contributed by atoms with Crippen LogP contribution in [0, 0.1) is 11.3 Å². The van der Waals surface area contributed by atoms with Crippen LogP contribution in [0.15, 0.2) is 12.3 Å². The van der Waals surface area contributed by atoms with Gasteiger partial charge in [-0.05, 0) is 26.3 Å². The maximum atomic E-state index is 8.69. The van der Waals surface area contributed by atoms with E-state index in [0.717, 1.165) is 18.8 Å². The highest BCUT2D eigenvalue weighted by molar-refractivity contribution is 5.43. The molecule has 0 fully saturated rings. The van der Waals surface area contributed by atoms with Gasteiger partial charge in [-0.15, -0.1) is 0 Å². The van der Waals surface area contributed by atoms with Crippen molar-refractivity contribution in [2.75, 3.05) is 23.3 Å². The molecule has 5 heteroatoms. The predicted octanol–water partition coefficient (Wildman–Crippen LogP) is 2.43. The zero-order valence-electron chi connectivity index (χ0n) is 11.3. The van der Waals surface area contributed by atoms with Crippen molar-refractivity contribution in [3.05, 3.63) is 12.3 Å². The average molecular weight is 247 g/mol. The molecule has 98 valence electrons. The largest absolute Gasteiger partial charge is 0.354 e. The number of hydrogen-bond acceptors (Lipinski definition) is 5. The smallest absolute Gasteiger partial charge is 0.224 e. The van der Waals surface area contributed by atoms with E-state index in [0.29, 0.717) is 25.0 Å². The van der Waals surface area contributed by atoms with E-state index < -0.39 is 0 Å². The van der Waals surface area contributed by atoms with Gasteiger partial charge in [0.2, 0.25) is 5.95 Å². The first-order valence-electron chi connectivity index (χ1n) is 6.39. The fourth-order valence-corrected chi connectivity index (χ4v) is 1.64. The molecule has 1 aromatic heterocycles. The second kappa shape index (κ2) is 7.49. The number of nitriles is 1. The summed E-state index contributed by atoms with van der Waals surface area (Å²) in [5.74, 6) is 1.52. The lowest BCUT2D eigenvalue weighted by Gasteiger charge is -2.27. The van der Waals surface area contributed by atoms with Gasteiger partial charge in [-0.1, -0.05) is 6.92 Å². The lowest BCUT2D eigenvalue weighted by atomic mass is 10.3. The van der Waals surface area contributed by atoms with Gasteiger partial charge in [-0.25, -0.2) is 4.98 Å². The summed E-state index contributed by atoms with van der Waals surface area (Å²) in [6, 6.07) is 4.37. The first-order chi connectivity index (χ1) is 8.69. The minimum Gasteiger partial charge on any atom is -0.354 e. The lowest BCUT2D eigenvalue weighted by molar-refractivity contribution is 0.676. The molecule has 1 rings (SSSR count). The Morgan fingerprint density at radius 2 is 2.28 bits per heavy atom. The summed E-state index contributed by atoms with van der Waals surface area (Å²) >= 11 is 0. The molecule has 0 spiro atoms. The number of anilines is 2. The Bertz CT molecular complexity index is 397. The fourth-order valence-electron chi connectivity index (χ4n) is 1.64. The summed E-state index contributed by atoms with van der Waals surface area (Å²) in [7, 11) is 0. The summed E-state index contributed by atoms with van der Waals surface area (Å²) in [5, 5.41) is 11.9. The molecular formula is C13H21N5. The second-order valence-corrected chi connectivity index (χ2v) is 4.36. The Morgan fingerprint density at radius 1 is 1.50 bits per heavy atom. The molecule has 0 aliphatic carbocycles. The molecule has 0 aliphatic heterocycles. The van der Waals surface area contributed by atoms with Crippen LogP contribution in [-0.2, 0) is 0 Å². The predicted molar refractivity (Wildman–Crippen MR) is 73.5 cm³/mol. The van der Waals surface area contributed by atoms with E-state index in [2.05, 4.69) is 47.0 Å². The molecule has 0 radical (unpaired) electrons. The van der Waals surface area contributed by atoms with Crippen molar-refractivity contribution in [2.24, 2.45) is 0 Å². The molecule has 0 unspecified atom stereocenters. The Hall–Kier alpha value is -1.83. The van der Waals surface area contributed by atoms with Crippen molar-refractivity contribution in [3.8, 4) is 6.07 Å². The Kier molecular flexibility index (Phi) is 5.92. The van der Waals surface area contributed by atoms with Gasteiger partial charge in [0.05, 0.1) is 12.5 Å². The standard InChI is InChI=1S/C13H21N5/c1-4-8-15-13-16-9-6-12(17-13)18(11(2)3)10-5-7-14/h6,9,11H,4-5,8,10H2,1-3H3,(H,15,16,17). The minimum atomic E-state index is 0.312. The number of rotatable bonds is 7. The molecule has 1 N–H and O–H groups in total. The third-order valence-corrected chi connectivity index (χ3v) is 2.56. The van der Waals surface area contributed by atoms with Gasteiger partial charge in [0.15, 0.2) is 0 Å². The summed E-state index contributed by atoms with van der Waals surface area (Å²) in [4.78, 5) is 10.8. The van der Waals surface area contributed by atoms with Crippen LogP contribution >= 0.6 is 0 Å². The third-order valence-electron chi connectivity index (χ3n) is 2.56. The van der Waals surface area contributed by atoms with Crippen molar-refractivity contribution in [3.63, 3.8) is 0 Å². The first-order valence-corrected chi connectivity index (χ1v) is 6.39. The number of aromatic nitrogens is 2. The van der Waals surface area contributed by atoms with Crippen LogP contribution in [0.1, 0.15) is 33.6 Å². The van der Waals surface area contributed by atoms with Crippen molar-refractivity contribution in [1.29, 1.82) is 5.26 Å². The van der Waals surface area contributed by atoms with E-state index in [1.165, 1.54) is 0 Å². The van der Waals surface area contributed by atoms with Crippen LogP contribution < -0.4 is 10.2 Å². The van der Waals surface area contributed by atoms with Crippen LogP contribution in [0.5, 0.6) is 0 Å². The molecule has 0 amide bonds. The molecule has 1 aromatic rings. The van der Waals surface area contributed by atoms with Gasteiger partial charge < -0.3 is 10.2 Å². The summed E-state index contributed by atoms with van der Waals surface area (Å²) in [6.45, 7) is 7.85. The zero-order valence-corrected chi connectivity index (χ0v) is 11.3. The topological polar surface area (TPSA) is 64.8 Å². The number of hydrogen-bond donors (Lipinski definition) is 1. The van der Waals surface area contributed by atoms with Gasteiger partial charge in [0.25, 0.3) is 0 Å².